The lowest BCUT2D eigenvalue weighted by molar-refractivity contribution is -0.141. The number of ether oxygens (including phenoxy) is 1. The monoisotopic (exact) mass is 379 g/mol. The van der Waals surface area contributed by atoms with Gasteiger partial charge in [0.25, 0.3) is 11.8 Å². The number of benzene rings is 2. The number of carbonyl (C=O) groups excluding carboxylic acids is 3. The molecule has 0 fully saturated rings. The molecular weight excluding hydrogens is 358 g/mol. The zero-order valence-electron chi connectivity index (χ0n) is 15.6. The normalized spacial score (nSPS) is 13.6. The smallest absolute Gasteiger partial charge is 0.336 e. The predicted molar refractivity (Wildman–Crippen MR) is 102 cm³/mol. The van der Waals surface area contributed by atoms with Gasteiger partial charge in [0.2, 0.25) is 0 Å². The van der Waals surface area contributed by atoms with E-state index in [9.17, 15) is 14.4 Å². The number of hydroxylamine groups is 2. The van der Waals surface area contributed by atoms with E-state index in [1.807, 2.05) is 30.3 Å². The minimum absolute atomic E-state index is 0.223. The maximum absolute atomic E-state index is 12.4. The van der Waals surface area contributed by atoms with Crippen LogP contribution >= 0.6 is 0 Å². The summed E-state index contributed by atoms with van der Waals surface area (Å²) in [7, 11) is 0. The second-order valence-electron chi connectivity index (χ2n) is 6.20. The second-order valence-corrected chi connectivity index (χ2v) is 6.20. The minimum atomic E-state index is -0.534. The Hall–Kier alpha value is -3.25. The van der Waals surface area contributed by atoms with E-state index in [4.69, 9.17) is 9.57 Å². The van der Waals surface area contributed by atoms with Gasteiger partial charge in [0.05, 0.1) is 23.3 Å². The first-order valence-electron chi connectivity index (χ1n) is 9.12. The summed E-state index contributed by atoms with van der Waals surface area (Å²) in [4.78, 5) is 42.3. The van der Waals surface area contributed by atoms with Crippen LogP contribution in [0.25, 0.3) is 0 Å². The standard InChI is InChI=1S/C22H21NO5/c1-2-27-22(26)17(12-8-11-16-9-4-3-5-10-16)15-28-23-20(24)18-13-6-7-14-19(18)21(23)25/h3-7,9-10,12-14H,2,8,11,15H2,1H3/b17-12+. The van der Waals surface area contributed by atoms with Gasteiger partial charge in [0, 0.05) is 0 Å². The van der Waals surface area contributed by atoms with Crippen molar-refractivity contribution >= 4 is 17.8 Å². The van der Waals surface area contributed by atoms with E-state index in [0.717, 1.165) is 12.0 Å². The van der Waals surface area contributed by atoms with Gasteiger partial charge in [-0.2, -0.15) is 0 Å². The van der Waals surface area contributed by atoms with Crippen LogP contribution in [0.2, 0.25) is 0 Å². The third-order valence-corrected chi connectivity index (χ3v) is 4.31. The van der Waals surface area contributed by atoms with E-state index >= 15 is 0 Å². The third-order valence-electron chi connectivity index (χ3n) is 4.31. The molecule has 6 heteroatoms. The molecule has 3 rings (SSSR count). The zero-order chi connectivity index (χ0) is 19.9. The maximum Gasteiger partial charge on any atom is 0.336 e. The summed E-state index contributed by atoms with van der Waals surface area (Å²) in [6.07, 6.45) is 3.07. The molecule has 0 N–H and O–H groups in total. The van der Waals surface area contributed by atoms with Gasteiger partial charge >= 0.3 is 5.97 Å². The fourth-order valence-corrected chi connectivity index (χ4v) is 2.90. The summed E-state index contributed by atoms with van der Waals surface area (Å²) in [5.41, 5.74) is 1.99. The van der Waals surface area contributed by atoms with Crippen LogP contribution in [0.4, 0.5) is 0 Å². The van der Waals surface area contributed by atoms with E-state index in [0.29, 0.717) is 22.6 Å². The first kappa shape index (κ1) is 19.5. The largest absolute Gasteiger partial charge is 0.463 e. The first-order valence-corrected chi connectivity index (χ1v) is 9.12. The van der Waals surface area contributed by atoms with Gasteiger partial charge in [-0.1, -0.05) is 48.5 Å². The van der Waals surface area contributed by atoms with Crippen molar-refractivity contribution in [2.24, 2.45) is 0 Å². The Labute approximate surface area is 163 Å². The number of allylic oxidation sites excluding steroid dienone is 1. The summed E-state index contributed by atoms with van der Waals surface area (Å²) in [5, 5.41) is 0.703. The van der Waals surface area contributed by atoms with Crippen molar-refractivity contribution in [2.45, 2.75) is 19.8 Å². The number of fused-ring (bicyclic) bond motifs is 1. The van der Waals surface area contributed by atoms with Crippen LogP contribution in [0.3, 0.4) is 0 Å². The summed E-state index contributed by atoms with van der Waals surface area (Å²) in [6, 6.07) is 16.4. The van der Waals surface area contributed by atoms with Crippen LogP contribution in [-0.4, -0.2) is 36.1 Å². The number of nitrogens with zero attached hydrogens (tertiary/aromatic N) is 1. The molecule has 28 heavy (non-hydrogen) atoms. The molecule has 0 aromatic heterocycles. The minimum Gasteiger partial charge on any atom is -0.463 e. The van der Waals surface area contributed by atoms with Crippen molar-refractivity contribution in [2.75, 3.05) is 13.2 Å². The number of carbonyl (C=O) groups is 3. The number of rotatable bonds is 8. The molecule has 0 bridgehead atoms. The molecule has 0 saturated carbocycles. The summed E-state index contributed by atoms with van der Waals surface area (Å²) >= 11 is 0. The topological polar surface area (TPSA) is 72.9 Å². The van der Waals surface area contributed by atoms with Gasteiger partial charge in [-0.3, -0.25) is 14.4 Å². The number of imide groups is 1. The van der Waals surface area contributed by atoms with Crippen LogP contribution in [0.15, 0.2) is 66.2 Å². The van der Waals surface area contributed by atoms with E-state index in [1.54, 1.807) is 37.3 Å². The first-order chi connectivity index (χ1) is 13.6. The Balaban J connectivity index is 1.66. The lowest BCUT2D eigenvalue weighted by Crippen LogP contribution is -2.31. The van der Waals surface area contributed by atoms with Crippen LogP contribution in [0.1, 0.15) is 39.6 Å². The molecule has 1 heterocycles. The Kier molecular flexibility index (Phi) is 6.34. The van der Waals surface area contributed by atoms with Crippen LogP contribution in [0.5, 0.6) is 0 Å². The van der Waals surface area contributed by atoms with Gasteiger partial charge in [0.15, 0.2) is 0 Å². The van der Waals surface area contributed by atoms with E-state index < -0.39 is 17.8 Å². The average Bonchev–Trinajstić information content (AvgIpc) is 2.96. The fraction of sp³-hybridized carbons (Fsp3) is 0.227. The van der Waals surface area contributed by atoms with Gasteiger partial charge in [-0.15, -0.1) is 5.06 Å². The van der Waals surface area contributed by atoms with Gasteiger partial charge in [-0.05, 0) is 37.5 Å². The van der Waals surface area contributed by atoms with Crippen molar-refractivity contribution in [3.63, 3.8) is 0 Å². The Morgan fingerprint density at radius 1 is 0.964 bits per heavy atom. The lowest BCUT2D eigenvalue weighted by atomic mass is 10.1. The Morgan fingerprint density at radius 3 is 2.18 bits per heavy atom. The number of esters is 1. The van der Waals surface area contributed by atoms with Crippen molar-refractivity contribution in [3.05, 3.63) is 82.9 Å². The van der Waals surface area contributed by atoms with E-state index in [-0.39, 0.29) is 18.8 Å². The predicted octanol–water partition coefficient (Wildman–Crippen LogP) is 3.34. The second kappa shape index (κ2) is 9.10. The highest BCUT2D eigenvalue weighted by atomic mass is 16.7. The summed E-state index contributed by atoms with van der Waals surface area (Å²) < 4.78 is 5.06. The summed E-state index contributed by atoms with van der Waals surface area (Å²) in [5.74, 6) is -1.59. The SMILES string of the molecule is CCOC(=O)/C(=C/CCc1ccccc1)CON1C(=O)c2ccccc2C1=O. The molecule has 2 amide bonds. The molecule has 0 atom stereocenters. The van der Waals surface area contributed by atoms with Gasteiger partial charge in [0.1, 0.15) is 6.61 Å². The number of amides is 2. The molecule has 1 aliphatic heterocycles. The van der Waals surface area contributed by atoms with Gasteiger partial charge in [-0.25, -0.2) is 4.79 Å². The quantitative estimate of drug-likeness (QED) is 0.400. The molecule has 0 saturated heterocycles. The molecule has 144 valence electrons. The van der Waals surface area contributed by atoms with Crippen LogP contribution < -0.4 is 0 Å². The lowest BCUT2D eigenvalue weighted by Gasteiger charge is -2.14. The molecule has 0 unspecified atom stereocenters. The average molecular weight is 379 g/mol. The van der Waals surface area contributed by atoms with E-state index in [1.165, 1.54) is 0 Å². The molecule has 2 aromatic rings. The maximum atomic E-state index is 12.4. The Bertz CT molecular complexity index is 869. The molecule has 2 aromatic carbocycles. The molecule has 0 aliphatic carbocycles. The van der Waals surface area contributed by atoms with Crippen LogP contribution in [-0.2, 0) is 20.8 Å². The highest BCUT2D eigenvalue weighted by Gasteiger charge is 2.36. The third kappa shape index (κ3) is 4.35. The van der Waals surface area contributed by atoms with Crippen LogP contribution in [0, 0.1) is 0 Å². The van der Waals surface area contributed by atoms with Crippen molar-refractivity contribution < 1.29 is 24.0 Å². The number of hydrogen-bond donors (Lipinski definition) is 0. The zero-order valence-corrected chi connectivity index (χ0v) is 15.6. The number of hydrogen-bond acceptors (Lipinski definition) is 5. The molecule has 0 radical (unpaired) electrons. The van der Waals surface area contributed by atoms with E-state index in [2.05, 4.69) is 0 Å². The van der Waals surface area contributed by atoms with Gasteiger partial charge < -0.3 is 4.74 Å². The fourth-order valence-electron chi connectivity index (χ4n) is 2.90. The number of aryl methyl sites for hydroxylation is 1. The van der Waals surface area contributed by atoms with Crippen molar-refractivity contribution in [3.8, 4) is 0 Å². The van der Waals surface area contributed by atoms with Crippen molar-refractivity contribution in [1.29, 1.82) is 0 Å². The highest BCUT2D eigenvalue weighted by molar-refractivity contribution is 6.20. The molecule has 0 spiro atoms. The van der Waals surface area contributed by atoms with Crippen molar-refractivity contribution in [1.82, 2.24) is 5.06 Å². The molecule has 1 aliphatic rings. The Morgan fingerprint density at radius 2 is 1.57 bits per heavy atom. The molecule has 6 nitrogen and oxygen atoms in total. The highest BCUT2D eigenvalue weighted by Crippen LogP contribution is 2.23. The summed E-state index contributed by atoms with van der Waals surface area (Å²) in [6.45, 7) is 1.71. The molecular formula is C22H21NO5.